The third kappa shape index (κ3) is 6.81. The summed E-state index contributed by atoms with van der Waals surface area (Å²) in [6.07, 6.45) is 12.0. The van der Waals surface area contributed by atoms with Crippen LogP contribution in [0.3, 0.4) is 0 Å². The molecule has 3 N–H and O–H groups in total. The highest BCUT2D eigenvalue weighted by Crippen LogP contribution is 2.21. The Morgan fingerprint density at radius 2 is 2.03 bits per heavy atom. The van der Waals surface area contributed by atoms with Gasteiger partial charge in [-0.05, 0) is 61.6 Å². The topological polar surface area (TPSA) is 95.8 Å². The van der Waals surface area contributed by atoms with E-state index in [4.69, 9.17) is 11.0 Å². The van der Waals surface area contributed by atoms with Crippen molar-refractivity contribution in [3.8, 4) is 11.9 Å². The number of hydrogen-bond donors (Lipinski definition) is 2. The lowest BCUT2D eigenvalue weighted by Gasteiger charge is -2.23. The van der Waals surface area contributed by atoms with Gasteiger partial charge >= 0.3 is 0 Å². The Hall–Kier alpha value is -3.89. The minimum atomic E-state index is 0.362. The van der Waals surface area contributed by atoms with E-state index in [0.717, 1.165) is 51.0 Å². The van der Waals surface area contributed by atoms with Gasteiger partial charge in [0.15, 0.2) is 5.82 Å². The van der Waals surface area contributed by atoms with Crippen molar-refractivity contribution in [2.75, 3.05) is 25.4 Å². The second-order valence-electron chi connectivity index (χ2n) is 8.69. The highest BCUT2D eigenvalue weighted by molar-refractivity contribution is 5.55. The molecule has 7 heteroatoms. The molecule has 0 atom stereocenters. The van der Waals surface area contributed by atoms with Crippen molar-refractivity contribution in [1.82, 2.24) is 25.0 Å². The Morgan fingerprint density at radius 1 is 1.20 bits per heavy atom. The molecule has 0 bridgehead atoms. The summed E-state index contributed by atoms with van der Waals surface area (Å²) in [7, 11) is 0. The summed E-state index contributed by atoms with van der Waals surface area (Å²) >= 11 is 0. The van der Waals surface area contributed by atoms with E-state index in [1.54, 1.807) is 16.9 Å². The van der Waals surface area contributed by atoms with Crippen molar-refractivity contribution in [2.45, 2.75) is 39.7 Å². The molecule has 0 aliphatic rings. The molecule has 0 saturated carbocycles. The summed E-state index contributed by atoms with van der Waals surface area (Å²) < 4.78 is 1.70. The lowest BCUT2D eigenvalue weighted by Crippen LogP contribution is -2.32. The van der Waals surface area contributed by atoms with Gasteiger partial charge in [-0.25, -0.2) is 9.67 Å². The number of allylic oxidation sites excluding steroid dienone is 1. The van der Waals surface area contributed by atoms with E-state index >= 15 is 0 Å². The Bertz CT molecular complexity index is 1200. The smallest absolute Gasteiger partial charge is 0.155 e. The summed E-state index contributed by atoms with van der Waals surface area (Å²) in [5.41, 5.74) is 13.4. The molecular formula is C28H35N7. The maximum absolute atomic E-state index is 9.08. The fourth-order valence-corrected chi connectivity index (χ4v) is 4.22. The normalized spacial score (nSPS) is 10.8. The second kappa shape index (κ2) is 12.5. The first kappa shape index (κ1) is 25.7. The lowest BCUT2D eigenvalue weighted by molar-refractivity contribution is 0.271. The Balaban J connectivity index is 1.72. The average Bonchev–Trinajstić information content (AvgIpc) is 3.32. The van der Waals surface area contributed by atoms with Gasteiger partial charge in [0.2, 0.25) is 0 Å². The van der Waals surface area contributed by atoms with Crippen molar-refractivity contribution < 1.29 is 0 Å². The number of benzene rings is 1. The molecule has 0 aliphatic carbocycles. The predicted molar refractivity (Wildman–Crippen MR) is 142 cm³/mol. The molecule has 3 rings (SSSR count). The fraction of sp³-hybridized carbons (Fsp3) is 0.321. The van der Waals surface area contributed by atoms with Gasteiger partial charge in [0.05, 0.1) is 17.4 Å². The maximum atomic E-state index is 9.08. The van der Waals surface area contributed by atoms with Crippen LogP contribution in [-0.4, -0.2) is 39.3 Å². The van der Waals surface area contributed by atoms with Crippen LogP contribution in [-0.2, 0) is 19.4 Å². The Labute approximate surface area is 208 Å². The van der Waals surface area contributed by atoms with Gasteiger partial charge in [-0.2, -0.15) is 10.4 Å². The number of nitrogen functional groups attached to an aromatic ring is 1. The molecular weight excluding hydrogens is 434 g/mol. The van der Waals surface area contributed by atoms with Crippen LogP contribution in [0.25, 0.3) is 5.82 Å². The highest BCUT2D eigenvalue weighted by Gasteiger charge is 2.12. The van der Waals surface area contributed by atoms with Crippen LogP contribution in [0, 0.1) is 25.2 Å². The minimum absolute atomic E-state index is 0.362. The number of anilines is 1. The second-order valence-corrected chi connectivity index (χ2v) is 8.69. The number of nitrogens with two attached hydrogens (primary N) is 1. The standard InChI is InChI=1S/C28H35N7/c1-5-7-8-26-21(3)9-10-24(22(26)4)11-13-34(14-12-31-6-2)19-23-17-33-35(20-23)28-15-27(30)25(16-29)18-32-28/h5-6,9-10,15,17-18,20,31H,1-2,7-8,11-14,19H2,3-4H3,(H2,30,32). The SMILES string of the molecule is C=CCCc1c(C)ccc(CCN(CCNC=C)Cc2cnn(-c3cc(N)c(C#N)cn3)c2)c1C. The van der Waals surface area contributed by atoms with Crippen molar-refractivity contribution in [1.29, 1.82) is 5.26 Å². The predicted octanol–water partition coefficient (Wildman–Crippen LogP) is 4.23. The third-order valence-corrected chi connectivity index (χ3v) is 6.28. The molecule has 2 aromatic heterocycles. The first-order valence-corrected chi connectivity index (χ1v) is 11.9. The van der Waals surface area contributed by atoms with Crippen LogP contribution in [0.2, 0.25) is 0 Å². The molecule has 35 heavy (non-hydrogen) atoms. The van der Waals surface area contributed by atoms with Gasteiger partial charge in [-0.3, -0.25) is 4.90 Å². The molecule has 2 heterocycles. The highest BCUT2D eigenvalue weighted by atomic mass is 15.3. The number of aromatic nitrogens is 3. The monoisotopic (exact) mass is 469 g/mol. The molecule has 0 saturated heterocycles. The quantitative estimate of drug-likeness (QED) is 0.287. The van der Waals surface area contributed by atoms with E-state index < -0.39 is 0 Å². The number of pyridine rings is 1. The number of rotatable bonds is 13. The molecule has 0 aliphatic heterocycles. The fourth-order valence-electron chi connectivity index (χ4n) is 4.22. The summed E-state index contributed by atoms with van der Waals surface area (Å²) in [6.45, 7) is 15.5. The minimum Gasteiger partial charge on any atom is -0.398 e. The van der Waals surface area contributed by atoms with Crippen molar-refractivity contribution in [2.24, 2.45) is 0 Å². The van der Waals surface area contributed by atoms with E-state index in [-0.39, 0.29) is 0 Å². The summed E-state index contributed by atoms with van der Waals surface area (Å²) in [5.74, 6) is 0.593. The van der Waals surface area contributed by atoms with Crippen LogP contribution in [0.1, 0.15) is 39.8 Å². The zero-order valence-corrected chi connectivity index (χ0v) is 20.8. The third-order valence-electron chi connectivity index (χ3n) is 6.28. The van der Waals surface area contributed by atoms with Crippen LogP contribution in [0.15, 0.2) is 62.2 Å². The molecule has 0 fully saturated rings. The summed E-state index contributed by atoms with van der Waals surface area (Å²) in [5, 5.41) is 16.7. The zero-order chi connectivity index (χ0) is 25.2. The number of aryl methyl sites for hydroxylation is 1. The zero-order valence-electron chi connectivity index (χ0n) is 20.8. The Kier molecular flexibility index (Phi) is 9.22. The molecule has 0 spiro atoms. The van der Waals surface area contributed by atoms with Gasteiger partial charge in [0.1, 0.15) is 6.07 Å². The van der Waals surface area contributed by atoms with E-state index in [1.165, 1.54) is 28.5 Å². The first-order valence-electron chi connectivity index (χ1n) is 11.9. The molecule has 1 aromatic carbocycles. The van der Waals surface area contributed by atoms with E-state index in [2.05, 4.69) is 59.4 Å². The van der Waals surface area contributed by atoms with Crippen LogP contribution >= 0.6 is 0 Å². The van der Waals surface area contributed by atoms with Gasteiger partial charge in [-0.1, -0.05) is 24.8 Å². The molecule has 182 valence electrons. The van der Waals surface area contributed by atoms with E-state index in [0.29, 0.717) is 17.1 Å². The van der Waals surface area contributed by atoms with Crippen LogP contribution < -0.4 is 11.1 Å². The van der Waals surface area contributed by atoms with E-state index in [9.17, 15) is 0 Å². The maximum Gasteiger partial charge on any atom is 0.155 e. The van der Waals surface area contributed by atoms with Gasteiger partial charge < -0.3 is 11.1 Å². The van der Waals surface area contributed by atoms with Crippen molar-refractivity contribution in [3.63, 3.8) is 0 Å². The molecule has 7 nitrogen and oxygen atoms in total. The molecule has 0 unspecified atom stereocenters. The van der Waals surface area contributed by atoms with Gasteiger partial charge in [-0.15, -0.1) is 6.58 Å². The molecule has 3 aromatic rings. The molecule has 0 radical (unpaired) electrons. The van der Waals surface area contributed by atoms with Gasteiger partial charge in [0, 0.05) is 50.2 Å². The van der Waals surface area contributed by atoms with Crippen LogP contribution in [0.5, 0.6) is 0 Å². The van der Waals surface area contributed by atoms with Crippen LogP contribution in [0.4, 0.5) is 5.69 Å². The van der Waals surface area contributed by atoms with Crippen molar-refractivity contribution >= 4 is 5.69 Å². The number of nitrogens with one attached hydrogen (secondary N) is 1. The van der Waals surface area contributed by atoms with E-state index in [1.807, 2.05) is 24.5 Å². The number of hydrogen-bond acceptors (Lipinski definition) is 6. The Morgan fingerprint density at radius 3 is 2.74 bits per heavy atom. The van der Waals surface area contributed by atoms with Gasteiger partial charge in [0.25, 0.3) is 0 Å². The first-order chi connectivity index (χ1) is 17.0. The largest absolute Gasteiger partial charge is 0.398 e. The number of nitriles is 1. The lowest BCUT2D eigenvalue weighted by atomic mass is 9.93. The number of nitrogens with zero attached hydrogens (tertiary/aromatic N) is 5. The summed E-state index contributed by atoms with van der Waals surface area (Å²) in [6, 6.07) is 8.21. The van der Waals surface area contributed by atoms with Crippen molar-refractivity contribution in [3.05, 3.63) is 95.6 Å². The average molecular weight is 470 g/mol. The molecule has 0 amide bonds. The summed E-state index contributed by atoms with van der Waals surface area (Å²) in [4.78, 5) is 6.73.